The van der Waals surface area contributed by atoms with E-state index in [1.165, 1.54) is 6.07 Å². The lowest BCUT2D eigenvalue weighted by atomic mass is 9.85. The number of benzene rings is 1. The van der Waals surface area contributed by atoms with Gasteiger partial charge in [0, 0.05) is 12.1 Å². The maximum atomic E-state index is 13.6. The van der Waals surface area contributed by atoms with E-state index in [-0.39, 0.29) is 30.7 Å². The van der Waals surface area contributed by atoms with Crippen molar-refractivity contribution in [3.8, 4) is 0 Å². The van der Waals surface area contributed by atoms with E-state index in [1.807, 2.05) is 6.92 Å². The summed E-state index contributed by atoms with van der Waals surface area (Å²) in [7, 11) is 0. The van der Waals surface area contributed by atoms with Gasteiger partial charge >= 0.3 is 6.18 Å². The second kappa shape index (κ2) is 6.77. The highest BCUT2D eigenvalue weighted by Gasteiger charge is 2.41. The Hall–Kier alpha value is -1.10. The van der Waals surface area contributed by atoms with Crippen molar-refractivity contribution >= 4 is 0 Å². The lowest BCUT2D eigenvalue weighted by molar-refractivity contribution is -0.182. The Kier molecular flexibility index (Phi) is 5.25. The predicted molar refractivity (Wildman–Crippen MR) is 74.5 cm³/mol. The first-order chi connectivity index (χ1) is 9.86. The minimum Gasteiger partial charge on any atom is -0.311 e. The Morgan fingerprint density at radius 2 is 1.76 bits per heavy atom. The van der Waals surface area contributed by atoms with Crippen molar-refractivity contribution in [2.45, 2.75) is 57.3 Å². The van der Waals surface area contributed by atoms with Crippen LogP contribution in [0.5, 0.6) is 0 Å². The van der Waals surface area contributed by atoms with Crippen molar-refractivity contribution in [2.24, 2.45) is 5.92 Å². The average molecular weight is 303 g/mol. The normalized spacial score (nSPS) is 24.8. The van der Waals surface area contributed by atoms with Crippen LogP contribution in [0.1, 0.15) is 38.2 Å². The van der Waals surface area contributed by atoms with Crippen LogP contribution < -0.4 is 5.32 Å². The molecule has 1 unspecified atom stereocenters. The minimum atomic E-state index is -4.07. The van der Waals surface area contributed by atoms with Crippen molar-refractivity contribution in [2.75, 3.05) is 0 Å². The maximum absolute atomic E-state index is 13.6. The molecule has 1 aromatic carbocycles. The number of alkyl halides is 3. The molecule has 1 aliphatic carbocycles. The van der Waals surface area contributed by atoms with Crippen molar-refractivity contribution in [3.05, 3.63) is 35.6 Å². The van der Waals surface area contributed by atoms with Crippen molar-refractivity contribution in [1.29, 1.82) is 0 Å². The summed E-state index contributed by atoms with van der Waals surface area (Å²) in [6.45, 7) is 1.95. The van der Waals surface area contributed by atoms with Gasteiger partial charge in [-0.3, -0.25) is 0 Å². The van der Waals surface area contributed by atoms with Gasteiger partial charge in [0.1, 0.15) is 5.82 Å². The van der Waals surface area contributed by atoms with Gasteiger partial charge in [-0.15, -0.1) is 0 Å². The zero-order chi connectivity index (χ0) is 15.5. The van der Waals surface area contributed by atoms with Gasteiger partial charge in [-0.2, -0.15) is 13.2 Å². The fraction of sp³-hybridized carbons (Fsp3) is 0.625. The van der Waals surface area contributed by atoms with E-state index < -0.39 is 12.1 Å². The SMILES string of the molecule is CC(Cc1ccccc1F)NC1CCC(C(F)(F)F)CC1. The highest BCUT2D eigenvalue weighted by atomic mass is 19.4. The van der Waals surface area contributed by atoms with Gasteiger partial charge in [0.2, 0.25) is 0 Å². The first-order valence-electron chi connectivity index (χ1n) is 7.42. The predicted octanol–water partition coefficient (Wildman–Crippen LogP) is 4.47. The molecule has 2 rings (SSSR count). The van der Waals surface area contributed by atoms with Crippen LogP contribution in [0, 0.1) is 11.7 Å². The van der Waals surface area contributed by atoms with Crippen LogP contribution in [0.4, 0.5) is 17.6 Å². The second-order valence-corrected chi connectivity index (χ2v) is 5.95. The number of hydrogen-bond acceptors (Lipinski definition) is 1. The van der Waals surface area contributed by atoms with Crippen LogP contribution in [0.2, 0.25) is 0 Å². The molecule has 1 N–H and O–H groups in total. The summed E-state index contributed by atoms with van der Waals surface area (Å²) in [6, 6.07) is 6.76. The van der Waals surface area contributed by atoms with Gasteiger partial charge in [-0.1, -0.05) is 18.2 Å². The van der Waals surface area contributed by atoms with E-state index in [2.05, 4.69) is 5.32 Å². The van der Waals surface area contributed by atoms with Crippen LogP contribution in [-0.2, 0) is 6.42 Å². The lowest BCUT2D eigenvalue weighted by Gasteiger charge is -2.32. The van der Waals surface area contributed by atoms with Crippen LogP contribution in [0.15, 0.2) is 24.3 Å². The van der Waals surface area contributed by atoms with Gasteiger partial charge in [0.15, 0.2) is 0 Å². The molecule has 1 aromatic rings. The summed E-state index contributed by atoms with van der Waals surface area (Å²) in [5.74, 6) is -1.38. The van der Waals surface area contributed by atoms with Crippen molar-refractivity contribution in [3.63, 3.8) is 0 Å². The molecule has 0 amide bonds. The van der Waals surface area contributed by atoms with Crippen molar-refractivity contribution in [1.82, 2.24) is 5.32 Å². The highest BCUT2D eigenvalue weighted by molar-refractivity contribution is 5.18. The molecule has 1 nitrogen and oxygen atoms in total. The van der Waals surface area contributed by atoms with Crippen LogP contribution in [-0.4, -0.2) is 18.3 Å². The zero-order valence-electron chi connectivity index (χ0n) is 12.1. The summed E-state index contributed by atoms with van der Waals surface area (Å²) in [5, 5.41) is 3.33. The summed E-state index contributed by atoms with van der Waals surface area (Å²) < 4.78 is 51.4. The topological polar surface area (TPSA) is 12.0 Å². The molecule has 21 heavy (non-hydrogen) atoms. The summed E-state index contributed by atoms with van der Waals surface area (Å²) >= 11 is 0. The van der Waals surface area contributed by atoms with Gasteiger partial charge < -0.3 is 5.32 Å². The molecule has 0 aromatic heterocycles. The fourth-order valence-corrected chi connectivity index (χ4v) is 3.04. The van der Waals surface area contributed by atoms with E-state index in [9.17, 15) is 17.6 Å². The zero-order valence-corrected chi connectivity index (χ0v) is 12.1. The van der Waals surface area contributed by atoms with E-state index in [4.69, 9.17) is 0 Å². The molecule has 0 spiro atoms. The largest absolute Gasteiger partial charge is 0.391 e. The van der Waals surface area contributed by atoms with E-state index in [0.717, 1.165) is 0 Å². The van der Waals surface area contributed by atoms with Crippen LogP contribution in [0.25, 0.3) is 0 Å². The first kappa shape index (κ1) is 16.3. The summed E-state index contributed by atoms with van der Waals surface area (Å²) in [4.78, 5) is 0. The van der Waals surface area contributed by atoms with Crippen LogP contribution >= 0.6 is 0 Å². The molecule has 0 radical (unpaired) electrons. The molecule has 1 aliphatic rings. The molecule has 5 heteroatoms. The van der Waals surface area contributed by atoms with Crippen molar-refractivity contribution < 1.29 is 17.6 Å². The third kappa shape index (κ3) is 4.70. The number of halogens is 4. The highest BCUT2D eigenvalue weighted by Crippen LogP contribution is 2.37. The standard InChI is InChI=1S/C16H21F4N/c1-11(10-12-4-2-3-5-15(12)17)21-14-8-6-13(7-9-14)16(18,19)20/h2-5,11,13-14,21H,6-10H2,1H3. The quantitative estimate of drug-likeness (QED) is 0.809. The Morgan fingerprint density at radius 1 is 1.14 bits per heavy atom. The van der Waals surface area contributed by atoms with Crippen LogP contribution in [0.3, 0.4) is 0 Å². The van der Waals surface area contributed by atoms with Gasteiger partial charge in [-0.25, -0.2) is 4.39 Å². The monoisotopic (exact) mass is 303 g/mol. The maximum Gasteiger partial charge on any atom is 0.391 e. The third-order valence-corrected chi connectivity index (χ3v) is 4.19. The Bertz CT molecular complexity index is 450. The molecular weight excluding hydrogens is 282 g/mol. The molecule has 118 valence electrons. The Morgan fingerprint density at radius 3 is 2.33 bits per heavy atom. The number of nitrogens with one attached hydrogen (secondary N) is 1. The van der Waals surface area contributed by atoms with Gasteiger partial charge in [0.05, 0.1) is 5.92 Å². The molecule has 0 bridgehead atoms. The average Bonchev–Trinajstić information content (AvgIpc) is 2.41. The van der Waals surface area contributed by atoms with E-state index >= 15 is 0 Å². The molecular formula is C16H21F4N. The lowest BCUT2D eigenvalue weighted by Crippen LogP contribution is -2.42. The molecule has 1 atom stereocenters. The third-order valence-electron chi connectivity index (χ3n) is 4.19. The molecule has 1 fully saturated rings. The van der Waals surface area contributed by atoms with E-state index in [0.29, 0.717) is 24.8 Å². The second-order valence-electron chi connectivity index (χ2n) is 5.95. The summed E-state index contributed by atoms with van der Waals surface area (Å²) in [6.07, 6.45) is -2.08. The smallest absolute Gasteiger partial charge is 0.311 e. The number of rotatable bonds is 4. The Labute approximate surface area is 122 Å². The molecule has 1 saturated carbocycles. The summed E-state index contributed by atoms with van der Waals surface area (Å²) in [5.41, 5.74) is 0.640. The Balaban J connectivity index is 1.80. The molecule has 0 aliphatic heterocycles. The van der Waals surface area contributed by atoms with Gasteiger partial charge in [0.25, 0.3) is 0 Å². The first-order valence-corrected chi connectivity index (χ1v) is 7.42. The number of hydrogen-bond donors (Lipinski definition) is 1. The minimum absolute atomic E-state index is 0.0503. The molecule has 0 saturated heterocycles. The van der Waals surface area contributed by atoms with Gasteiger partial charge in [-0.05, 0) is 50.7 Å². The van der Waals surface area contributed by atoms with E-state index in [1.54, 1.807) is 18.2 Å². The fourth-order valence-electron chi connectivity index (χ4n) is 3.04. The molecule has 0 heterocycles.